The number of nitrogens with one attached hydrogen (secondary N) is 1. The molecule has 0 aromatic rings. The van der Waals surface area contributed by atoms with Crippen molar-refractivity contribution in [2.24, 2.45) is 11.8 Å². The fourth-order valence-corrected chi connectivity index (χ4v) is 3.45. The second kappa shape index (κ2) is 5.27. The van der Waals surface area contributed by atoms with E-state index in [1.165, 1.54) is 0 Å². The van der Waals surface area contributed by atoms with Crippen LogP contribution in [-0.2, 0) is 10.0 Å². The Balaban J connectivity index is 2.35. The number of sulfonamides is 1. The Morgan fingerprint density at radius 1 is 1.40 bits per heavy atom. The van der Waals surface area contributed by atoms with Crippen molar-refractivity contribution >= 4 is 10.0 Å². The van der Waals surface area contributed by atoms with Gasteiger partial charge in [-0.1, -0.05) is 20.3 Å². The monoisotopic (exact) mass is 235 g/mol. The van der Waals surface area contributed by atoms with Gasteiger partial charge in [-0.2, -0.15) is 0 Å². The average Bonchev–Trinajstić information content (AvgIpc) is 2.45. The molecule has 2 unspecified atom stereocenters. The summed E-state index contributed by atoms with van der Waals surface area (Å²) in [6, 6.07) is 0. The van der Waals surface area contributed by atoms with Crippen LogP contribution < -0.4 is 4.72 Å². The lowest BCUT2D eigenvalue weighted by Gasteiger charge is -2.15. The average molecular weight is 235 g/mol. The number of hydrogen-bond donors (Lipinski definition) is 2. The van der Waals surface area contributed by atoms with Crippen LogP contribution in [0.5, 0.6) is 0 Å². The molecule has 0 spiro atoms. The SMILES string of the molecule is CC(C)CS(=O)(=O)NCC1CCCC1O. The first-order valence-electron chi connectivity index (χ1n) is 5.56. The lowest BCUT2D eigenvalue weighted by atomic mass is 10.1. The van der Waals surface area contributed by atoms with E-state index in [-0.39, 0.29) is 23.7 Å². The number of aliphatic hydroxyl groups excluding tert-OH is 1. The van der Waals surface area contributed by atoms with E-state index in [1.807, 2.05) is 13.8 Å². The molecule has 15 heavy (non-hydrogen) atoms. The predicted octanol–water partition coefficient (Wildman–Crippen LogP) is 0.723. The van der Waals surface area contributed by atoms with Crippen LogP contribution in [0.2, 0.25) is 0 Å². The molecular weight excluding hydrogens is 214 g/mol. The first-order chi connectivity index (χ1) is 6.91. The highest BCUT2D eigenvalue weighted by atomic mass is 32.2. The Hall–Kier alpha value is -0.130. The fourth-order valence-electron chi connectivity index (χ4n) is 1.99. The number of aliphatic hydroxyl groups is 1. The lowest BCUT2D eigenvalue weighted by molar-refractivity contribution is 0.134. The summed E-state index contributed by atoms with van der Waals surface area (Å²) in [5.41, 5.74) is 0. The van der Waals surface area contributed by atoms with Gasteiger partial charge in [0.05, 0.1) is 11.9 Å². The van der Waals surface area contributed by atoms with Gasteiger partial charge in [-0.05, 0) is 24.7 Å². The van der Waals surface area contributed by atoms with Gasteiger partial charge in [-0.25, -0.2) is 13.1 Å². The molecule has 4 nitrogen and oxygen atoms in total. The lowest BCUT2D eigenvalue weighted by Crippen LogP contribution is -2.35. The maximum absolute atomic E-state index is 11.5. The van der Waals surface area contributed by atoms with Gasteiger partial charge in [0.15, 0.2) is 0 Å². The summed E-state index contributed by atoms with van der Waals surface area (Å²) >= 11 is 0. The van der Waals surface area contributed by atoms with Crippen molar-refractivity contribution in [3.8, 4) is 0 Å². The maximum atomic E-state index is 11.5. The molecule has 1 saturated carbocycles. The van der Waals surface area contributed by atoms with Crippen LogP contribution in [0.3, 0.4) is 0 Å². The first-order valence-corrected chi connectivity index (χ1v) is 7.21. The molecule has 2 atom stereocenters. The van der Waals surface area contributed by atoms with E-state index in [1.54, 1.807) is 0 Å². The standard InChI is InChI=1S/C10H21NO3S/c1-8(2)7-15(13,14)11-6-9-4-3-5-10(9)12/h8-12H,3-7H2,1-2H3. The van der Waals surface area contributed by atoms with Crippen LogP contribution in [0.1, 0.15) is 33.1 Å². The van der Waals surface area contributed by atoms with Crippen LogP contribution in [0, 0.1) is 11.8 Å². The maximum Gasteiger partial charge on any atom is 0.211 e. The molecular formula is C10H21NO3S. The molecule has 0 aliphatic heterocycles. The first kappa shape index (κ1) is 12.9. The molecule has 0 saturated heterocycles. The van der Waals surface area contributed by atoms with Crippen LogP contribution in [0.4, 0.5) is 0 Å². The van der Waals surface area contributed by atoms with Gasteiger partial charge in [0, 0.05) is 6.54 Å². The summed E-state index contributed by atoms with van der Waals surface area (Å²) in [6.45, 7) is 4.14. The third-order valence-corrected chi connectivity index (χ3v) is 4.45. The minimum Gasteiger partial charge on any atom is -0.393 e. The number of hydrogen-bond acceptors (Lipinski definition) is 3. The molecule has 1 fully saturated rings. The third-order valence-electron chi connectivity index (χ3n) is 2.74. The summed E-state index contributed by atoms with van der Waals surface area (Å²) in [7, 11) is -3.15. The van der Waals surface area contributed by atoms with E-state index in [0.29, 0.717) is 6.54 Å². The van der Waals surface area contributed by atoms with E-state index in [0.717, 1.165) is 19.3 Å². The van der Waals surface area contributed by atoms with E-state index >= 15 is 0 Å². The smallest absolute Gasteiger partial charge is 0.211 e. The van der Waals surface area contributed by atoms with Crippen molar-refractivity contribution in [1.29, 1.82) is 0 Å². The van der Waals surface area contributed by atoms with E-state index in [9.17, 15) is 13.5 Å². The van der Waals surface area contributed by atoms with Gasteiger partial charge in [0.2, 0.25) is 10.0 Å². The highest BCUT2D eigenvalue weighted by Crippen LogP contribution is 2.24. The molecule has 0 aromatic heterocycles. The Morgan fingerprint density at radius 3 is 2.53 bits per heavy atom. The van der Waals surface area contributed by atoms with Crippen molar-refractivity contribution in [2.45, 2.75) is 39.2 Å². The summed E-state index contributed by atoms with van der Waals surface area (Å²) in [4.78, 5) is 0. The molecule has 0 aromatic carbocycles. The molecule has 1 aliphatic carbocycles. The second-order valence-corrected chi connectivity index (χ2v) is 6.63. The number of rotatable bonds is 5. The molecule has 1 aliphatic rings. The Bertz CT molecular complexity index is 287. The quantitative estimate of drug-likeness (QED) is 0.738. The van der Waals surface area contributed by atoms with Crippen LogP contribution in [0.25, 0.3) is 0 Å². The van der Waals surface area contributed by atoms with Gasteiger partial charge >= 0.3 is 0 Å². The molecule has 2 N–H and O–H groups in total. The van der Waals surface area contributed by atoms with Crippen molar-refractivity contribution in [3.05, 3.63) is 0 Å². The zero-order valence-electron chi connectivity index (χ0n) is 9.44. The molecule has 0 bridgehead atoms. The fraction of sp³-hybridized carbons (Fsp3) is 1.00. The second-order valence-electron chi connectivity index (χ2n) is 4.78. The third kappa shape index (κ3) is 4.49. The molecule has 5 heteroatoms. The topological polar surface area (TPSA) is 66.4 Å². The van der Waals surface area contributed by atoms with Crippen LogP contribution >= 0.6 is 0 Å². The van der Waals surface area contributed by atoms with Crippen LogP contribution in [-0.4, -0.2) is 31.9 Å². The van der Waals surface area contributed by atoms with Crippen molar-refractivity contribution < 1.29 is 13.5 Å². The van der Waals surface area contributed by atoms with Gasteiger partial charge in [-0.3, -0.25) is 0 Å². The van der Waals surface area contributed by atoms with Gasteiger partial charge in [0.1, 0.15) is 0 Å². The normalized spacial score (nSPS) is 27.5. The highest BCUT2D eigenvalue weighted by molar-refractivity contribution is 7.89. The molecule has 0 radical (unpaired) electrons. The van der Waals surface area contributed by atoms with Crippen molar-refractivity contribution in [2.75, 3.05) is 12.3 Å². The highest BCUT2D eigenvalue weighted by Gasteiger charge is 2.26. The Labute approximate surface area is 92.1 Å². The molecule has 1 rings (SSSR count). The Morgan fingerprint density at radius 2 is 2.07 bits per heavy atom. The minimum atomic E-state index is -3.15. The Kier molecular flexibility index (Phi) is 4.55. The summed E-state index contributed by atoms with van der Waals surface area (Å²) in [6.07, 6.45) is 2.39. The zero-order chi connectivity index (χ0) is 11.5. The molecule has 0 amide bonds. The van der Waals surface area contributed by atoms with Crippen LogP contribution in [0.15, 0.2) is 0 Å². The largest absolute Gasteiger partial charge is 0.393 e. The summed E-state index contributed by atoms with van der Waals surface area (Å²) in [5, 5.41) is 9.53. The zero-order valence-corrected chi connectivity index (χ0v) is 10.3. The molecule has 90 valence electrons. The summed E-state index contributed by atoms with van der Waals surface area (Å²) in [5.74, 6) is 0.401. The van der Waals surface area contributed by atoms with E-state index in [4.69, 9.17) is 0 Å². The van der Waals surface area contributed by atoms with Gasteiger partial charge < -0.3 is 5.11 Å². The minimum absolute atomic E-state index is 0.104. The van der Waals surface area contributed by atoms with E-state index in [2.05, 4.69) is 4.72 Å². The van der Waals surface area contributed by atoms with Gasteiger partial charge in [-0.15, -0.1) is 0 Å². The van der Waals surface area contributed by atoms with E-state index < -0.39 is 10.0 Å². The van der Waals surface area contributed by atoms with Crippen molar-refractivity contribution in [3.63, 3.8) is 0 Å². The summed E-state index contributed by atoms with van der Waals surface area (Å²) < 4.78 is 25.6. The van der Waals surface area contributed by atoms with Gasteiger partial charge in [0.25, 0.3) is 0 Å². The molecule has 0 heterocycles. The van der Waals surface area contributed by atoms with Crippen molar-refractivity contribution in [1.82, 2.24) is 4.72 Å². The predicted molar refractivity (Wildman–Crippen MR) is 60.0 cm³/mol.